The molecule has 0 spiro atoms. The van der Waals surface area contributed by atoms with E-state index in [2.05, 4.69) is 20.5 Å². The van der Waals surface area contributed by atoms with Gasteiger partial charge in [-0.25, -0.2) is 8.42 Å². The van der Waals surface area contributed by atoms with Crippen LogP contribution in [0.15, 0.2) is 24.5 Å². The van der Waals surface area contributed by atoms with Crippen molar-refractivity contribution in [1.29, 1.82) is 5.41 Å². The molecule has 1 aromatic rings. The Bertz CT molecular complexity index is 798. The number of anilines is 1. The van der Waals surface area contributed by atoms with E-state index in [1.54, 1.807) is 24.5 Å². The largest absolute Gasteiger partial charge is 0.379 e. The van der Waals surface area contributed by atoms with E-state index in [1.165, 1.54) is 4.47 Å². The predicted molar refractivity (Wildman–Crippen MR) is 129 cm³/mol. The van der Waals surface area contributed by atoms with Crippen LogP contribution < -0.4 is 10.6 Å². The highest BCUT2D eigenvalue weighted by atomic mass is 32.2. The van der Waals surface area contributed by atoms with Gasteiger partial charge in [-0.1, -0.05) is 23.7 Å². The fraction of sp³-hybridized carbons (Fsp3) is 0.727. The Kier molecular flexibility index (Phi) is 10.8. The average molecular weight is 483 g/mol. The number of ether oxygens (including phenoxy) is 1. The number of hydroxylamine groups is 1. The fourth-order valence-electron chi connectivity index (χ4n) is 4.13. The smallest absolute Gasteiger partial charge is 0.236 e. The summed E-state index contributed by atoms with van der Waals surface area (Å²) in [4.78, 5) is 12.1. The van der Waals surface area contributed by atoms with Crippen LogP contribution in [0.2, 0.25) is 0 Å². The molecule has 0 aromatic carbocycles. The van der Waals surface area contributed by atoms with Crippen LogP contribution in [0.5, 0.6) is 0 Å². The lowest BCUT2D eigenvalue weighted by atomic mass is 10.2. The molecule has 10 nitrogen and oxygen atoms in total. The fourth-order valence-corrected chi connectivity index (χ4v) is 5.78. The molecule has 0 radical (unpaired) electrons. The highest BCUT2D eigenvalue weighted by Gasteiger charge is 2.33. The second kappa shape index (κ2) is 13.8. The number of hydrogen-bond acceptors (Lipinski definition) is 7. The lowest BCUT2D eigenvalue weighted by Gasteiger charge is -2.30. The number of guanidine groups is 1. The molecule has 3 rings (SSSR count). The Labute approximate surface area is 197 Å². The first-order chi connectivity index (χ1) is 16.0. The molecule has 1 saturated carbocycles. The third kappa shape index (κ3) is 9.17. The second-order valence-electron chi connectivity index (χ2n) is 8.52. The van der Waals surface area contributed by atoms with Crippen LogP contribution in [0.1, 0.15) is 44.9 Å². The van der Waals surface area contributed by atoms with Gasteiger partial charge in [0.1, 0.15) is 0 Å². The van der Waals surface area contributed by atoms with Gasteiger partial charge in [0.05, 0.1) is 31.6 Å². The van der Waals surface area contributed by atoms with Crippen LogP contribution in [-0.2, 0) is 19.6 Å². The van der Waals surface area contributed by atoms with Crippen molar-refractivity contribution in [2.45, 2.75) is 51.0 Å². The third-order valence-electron chi connectivity index (χ3n) is 5.96. The third-order valence-corrected chi connectivity index (χ3v) is 7.71. The van der Waals surface area contributed by atoms with Crippen LogP contribution >= 0.6 is 0 Å². The quantitative estimate of drug-likeness (QED) is 0.169. The lowest BCUT2D eigenvalue weighted by molar-refractivity contribution is -0.118. The Morgan fingerprint density at radius 1 is 1.18 bits per heavy atom. The van der Waals surface area contributed by atoms with Gasteiger partial charge in [0.15, 0.2) is 5.96 Å². The molecule has 11 heteroatoms. The molecule has 0 bridgehead atoms. The van der Waals surface area contributed by atoms with Crippen molar-refractivity contribution in [2.75, 3.05) is 57.1 Å². The topological polar surface area (TPSA) is 120 Å². The molecule has 0 unspecified atom stereocenters. The van der Waals surface area contributed by atoms with E-state index in [1.807, 2.05) is 0 Å². The first-order valence-corrected chi connectivity index (χ1v) is 13.6. The van der Waals surface area contributed by atoms with Crippen molar-refractivity contribution >= 4 is 21.7 Å². The van der Waals surface area contributed by atoms with Gasteiger partial charge in [-0.05, 0) is 37.8 Å². The zero-order valence-corrected chi connectivity index (χ0v) is 20.2. The molecule has 33 heavy (non-hydrogen) atoms. The summed E-state index contributed by atoms with van der Waals surface area (Å²) in [6, 6.07) is 3.54. The van der Waals surface area contributed by atoms with Crippen molar-refractivity contribution in [3.05, 3.63) is 24.5 Å². The number of rotatable bonds is 13. The average Bonchev–Trinajstić information content (AvgIpc) is 3.34. The zero-order chi connectivity index (χ0) is 23.4. The van der Waals surface area contributed by atoms with Crippen molar-refractivity contribution in [3.8, 4) is 0 Å². The van der Waals surface area contributed by atoms with E-state index in [0.717, 1.165) is 70.5 Å². The Hall–Kier alpha value is -1.79. The van der Waals surface area contributed by atoms with E-state index in [4.69, 9.17) is 15.0 Å². The van der Waals surface area contributed by atoms with E-state index in [-0.39, 0.29) is 17.8 Å². The van der Waals surface area contributed by atoms with Crippen LogP contribution in [0.3, 0.4) is 0 Å². The molecular formula is C22H38N6O4S. The van der Waals surface area contributed by atoms with Gasteiger partial charge in [-0.15, -0.1) is 0 Å². The van der Waals surface area contributed by atoms with E-state index in [9.17, 15) is 8.42 Å². The van der Waals surface area contributed by atoms with Gasteiger partial charge >= 0.3 is 0 Å². The molecular weight excluding hydrogens is 444 g/mol. The summed E-state index contributed by atoms with van der Waals surface area (Å²) in [5.41, 5.74) is 0.800. The minimum atomic E-state index is -3.47. The molecule has 3 N–H and O–H groups in total. The summed E-state index contributed by atoms with van der Waals surface area (Å²) in [5.74, 6) is 0.309. The maximum Gasteiger partial charge on any atom is 0.236 e. The van der Waals surface area contributed by atoms with Crippen molar-refractivity contribution in [2.24, 2.45) is 0 Å². The van der Waals surface area contributed by atoms with E-state index in [0.29, 0.717) is 26.1 Å². The highest BCUT2D eigenvalue weighted by molar-refractivity contribution is 7.88. The van der Waals surface area contributed by atoms with Gasteiger partial charge in [0.25, 0.3) is 0 Å². The molecule has 1 aliphatic heterocycles. The molecule has 1 aliphatic carbocycles. The van der Waals surface area contributed by atoms with Crippen LogP contribution in [-0.4, -0.2) is 86.5 Å². The van der Waals surface area contributed by atoms with E-state index >= 15 is 0 Å². The standard InChI is InChI=1S/C22H38N6O4S/c23-22(26-20-8-11-24-12-9-20)25-10-4-1-5-19-33(29,30)28(21-6-2-3-7-21)32-18-15-27-13-16-31-17-14-27/h8-9,11-12,21H,1-7,10,13-19H2,(H3,23,24,25,26). The monoisotopic (exact) mass is 482 g/mol. The molecule has 0 atom stereocenters. The summed E-state index contributed by atoms with van der Waals surface area (Å²) in [6.45, 7) is 4.88. The number of morpholine rings is 1. The molecule has 1 saturated heterocycles. The zero-order valence-electron chi connectivity index (χ0n) is 19.4. The molecule has 1 aromatic heterocycles. The second-order valence-corrected chi connectivity index (χ2v) is 10.5. The summed E-state index contributed by atoms with van der Waals surface area (Å²) < 4.78 is 32.8. The van der Waals surface area contributed by atoms with Crippen LogP contribution in [0.25, 0.3) is 0 Å². The SMILES string of the molecule is N=C(NCCCCCS(=O)(=O)N(OCCN1CCOCC1)C1CCCC1)Nc1ccncc1. The van der Waals surface area contributed by atoms with Crippen LogP contribution in [0, 0.1) is 5.41 Å². The maximum absolute atomic E-state index is 13.0. The first-order valence-electron chi connectivity index (χ1n) is 12.0. The summed E-state index contributed by atoms with van der Waals surface area (Å²) in [5, 5.41) is 13.9. The summed E-state index contributed by atoms with van der Waals surface area (Å²) >= 11 is 0. The van der Waals surface area contributed by atoms with Crippen molar-refractivity contribution in [3.63, 3.8) is 0 Å². The molecule has 186 valence electrons. The van der Waals surface area contributed by atoms with Gasteiger partial charge in [-0.2, -0.15) is 0 Å². The Morgan fingerprint density at radius 3 is 2.64 bits per heavy atom. The van der Waals surface area contributed by atoms with Crippen LogP contribution in [0.4, 0.5) is 5.69 Å². The number of unbranched alkanes of at least 4 members (excludes halogenated alkanes) is 2. The normalized spacial score (nSPS) is 18.0. The van der Waals surface area contributed by atoms with E-state index < -0.39 is 10.0 Å². The lowest BCUT2D eigenvalue weighted by Crippen LogP contribution is -2.43. The number of nitrogens with one attached hydrogen (secondary N) is 3. The predicted octanol–water partition coefficient (Wildman–Crippen LogP) is 2.03. The highest BCUT2D eigenvalue weighted by Crippen LogP contribution is 2.26. The molecule has 2 heterocycles. The molecule has 2 fully saturated rings. The number of sulfonamides is 1. The number of nitrogens with zero attached hydrogens (tertiary/aromatic N) is 3. The van der Waals surface area contributed by atoms with Gasteiger partial charge < -0.3 is 15.4 Å². The minimum absolute atomic E-state index is 0.0407. The number of hydrogen-bond donors (Lipinski definition) is 3. The summed E-state index contributed by atoms with van der Waals surface area (Å²) in [6.07, 6.45) is 9.29. The van der Waals surface area contributed by atoms with Gasteiger partial charge in [-0.3, -0.25) is 20.1 Å². The maximum atomic E-state index is 13.0. The number of aromatic nitrogens is 1. The molecule has 0 amide bonds. The van der Waals surface area contributed by atoms with Gasteiger partial charge in [0, 0.05) is 44.3 Å². The Balaban J connectivity index is 1.35. The van der Waals surface area contributed by atoms with Crippen molar-refractivity contribution < 1.29 is 18.0 Å². The van der Waals surface area contributed by atoms with Gasteiger partial charge in [0.2, 0.25) is 10.0 Å². The molecule has 2 aliphatic rings. The number of pyridine rings is 1. The Morgan fingerprint density at radius 2 is 1.91 bits per heavy atom. The minimum Gasteiger partial charge on any atom is -0.379 e. The first kappa shape index (κ1) is 25.8. The summed E-state index contributed by atoms with van der Waals surface area (Å²) in [7, 11) is -3.47. The van der Waals surface area contributed by atoms with Crippen molar-refractivity contribution in [1.82, 2.24) is 19.7 Å².